The van der Waals surface area contributed by atoms with Crippen LogP contribution < -0.4 is 0 Å². The smallest absolute Gasteiger partial charge is 0.167 e. The van der Waals surface area contributed by atoms with Gasteiger partial charge in [-0.3, -0.25) is 4.84 Å². The largest absolute Gasteiger partial charge is 0.395 e. The number of rotatable bonds is 6. The Hall–Kier alpha value is -0.940. The molecule has 1 aliphatic rings. The van der Waals surface area contributed by atoms with Gasteiger partial charge in [-0.15, -0.1) is 0 Å². The molecule has 0 aromatic heterocycles. The fourth-order valence-corrected chi connectivity index (χ4v) is 2.50. The van der Waals surface area contributed by atoms with E-state index < -0.39 is 0 Å². The Morgan fingerprint density at radius 2 is 2.05 bits per heavy atom. The molecule has 0 spiro atoms. The standard InChI is InChI=1S/C15H23NO3/c1-13-6-5-9-15(10-17)16(13)19-12-18-11-14-7-3-2-4-8-14/h2-4,7-8,13,15,17H,5-6,9-12H2,1H3/t13-,15-/m1/s1. The highest BCUT2D eigenvalue weighted by atomic mass is 16.8. The molecule has 0 saturated carbocycles. The van der Waals surface area contributed by atoms with Crippen molar-refractivity contribution in [2.45, 2.75) is 44.9 Å². The SMILES string of the molecule is C[C@@H]1CCC[C@H](CO)N1OCOCc1ccccc1. The molecule has 1 aliphatic heterocycles. The van der Waals surface area contributed by atoms with Gasteiger partial charge >= 0.3 is 0 Å². The van der Waals surface area contributed by atoms with Crippen LogP contribution in [0, 0.1) is 0 Å². The average molecular weight is 265 g/mol. The van der Waals surface area contributed by atoms with Crippen molar-refractivity contribution in [2.24, 2.45) is 0 Å². The van der Waals surface area contributed by atoms with Crippen LogP contribution in [0.15, 0.2) is 30.3 Å². The van der Waals surface area contributed by atoms with Crippen molar-refractivity contribution in [3.05, 3.63) is 35.9 Å². The van der Waals surface area contributed by atoms with Crippen LogP contribution in [0.25, 0.3) is 0 Å². The van der Waals surface area contributed by atoms with Gasteiger partial charge in [0.05, 0.1) is 19.3 Å². The van der Waals surface area contributed by atoms with E-state index in [0.717, 1.165) is 24.8 Å². The zero-order valence-corrected chi connectivity index (χ0v) is 11.5. The molecule has 1 N–H and O–H groups in total. The highest BCUT2D eigenvalue weighted by Gasteiger charge is 2.28. The first kappa shape index (κ1) is 14.5. The van der Waals surface area contributed by atoms with Gasteiger partial charge in [-0.05, 0) is 25.3 Å². The molecule has 106 valence electrons. The first-order valence-electron chi connectivity index (χ1n) is 6.95. The monoisotopic (exact) mass is 265 g/mol. The maximum absolute atomic E-state index is 9.35. The van der Waals surface area contributed by atoms with E-state index in [9.17, 15) is 5.11 Å². The quantitative estimate of drug-likeness (QED) is 0.633. The second kappa shape index (κ2) is 7.60. The van der Waals surface area contributed by atoms with Crippen LogP contribution in [-0.2, 0) is 16.2 Å². The molecule has 1 aromatic carbocycles. The molecule has 1 fully saturated rings. The fraction of sp³-hybridized carbons (Fsp3) is 0.600. The number of hydrogen-bond acceptors (Lipinski definition) is 4. The predicted molar refractivity (Wildman–Crippen MR) is 73.2 cm³/mol. The van der Waals surface area contributed by atoms with E-state index >= 15 is 0 Å². The van der Waals surface area contributed by atoms with Gasteiger partial charge in [-0.25, -0.2) is 0 Å². The predicted octanol–water partition coefficient (Wildman–Crippen LogP) is 2.33. The van der Waals surface area contributed by atoms with Crippen molar-refractivity contribution in [1.29, 1.82) is 0 Å². The van der Waals surface area contributed by atoms with Gasteiger partial charge in [-0.1, -0.05) is 36.8 Å². The third-order valence-corrected chi connectivity index (χ3v) is 3.56. The molecular formula is C15H23NO3. The van der Waals surface area contributed by atoms with Gasteiger partial charge in [0.1, 0.15) is 0 Å². The molecule has 0 radical (unpaired) electrons. The summed E-state index contributed by atoms with van der Waals surface area (Å²) in [5, 5.41) is 11.2. The summed E-state index contributed by atoms with van der Waals surface area (Å²) in [5.74, 6) is 0. The lowest BCUT2D eigenvalue weighted by Crippen LogP contribution is -2.47. The summed E-state index contributed by atoms with van der Waals surface area (Å²) >= 11 is 0. The normalized spacial score (nSPS) is 24.5. The number of piperidine rings is 1. The number of benzene rings is 1. The molecule has 19 heavy (non-hydrogen) atoms. The van der Waals surface area contributed by atoms with Crippen LogP contribution >= 0.6 is 0 Å². The molecule has 0 unspecified atom stereocenters. The maximum Gasteiger partial charge on any atom is 0.167 e. The summed E-state index contributed by atoms with van der Waals surface area (Å²) in [7, 11) is 0. The summed E-state index contributed by atoms with van der Waals surface area (Å²) < 4.78 is 5.52. The molecule has 0 amide bonds. The second-order valence-electron chi connectivity index (χ2n) is 5.06. The Bertz CT molecular complexity index is 358. The molecule has 0 aliphatic carbocycles. The van der Waals surface area contributed by atoms with Crippen LogP contribution in [0.5, 0.6) is 0 Å². The summed E-state index contributed by atoms with van der Waals surface area (Å²) in [6.45, 7) is 3.05. The zero-order valence-electron chi connectivity index (χ0n) is 11.5. The Labute approximate surface area is 114 Å². The van der Waals surface area contributed by atoms with Crippen LogP contribution in [0.4, 0.5) is 0 Å². The van der Waals surface area contributed by atoms with E-state index in [-0.39, 0.29) is 19.4 Å². The van der Waals surface area contributed by atoms with Gasteiger partial charge in [0.25, 0.3) is 0 Å². The van der Waals surface area contributed by atoms with Crippen LogP contribution in [0.1, 0.15) is 31.7 Å². The number of ether oxygens (including phenoxy) is 1. The number of aliphatic hydroxyl groups is 1. The van der Waals surface area contributed by atoms with E-state index in [1.165, 1.54) is 0 Å². The first-order chi connectivity index (χ1) is 9.31. The lowest BCUT2D eigenvalue weighted by Gasteiger charge is -2.38. The molecule has 2 atom stereocenters. The Morgan fingerprint density at radius 3 is 2.79 bits per heavy atom. The van der Waals surface area contributed by atoms with Crippen molar-refractivity contribution in [2.75, 3.05) is 13.4 Å². The second-order valence-corrected chi connectivity index (χ2v) is 5.06. The highest BCUT2D eigenvalue weighted by Crippen LogP contribution is 2.22. The van der Waals surface area contributed by atoms with Gasteiger partial charge in [0, 0.05) is 6.04 Å². The number of hydroxylamine groups is 2. The van der Waals surface area contributed by atoms with Gasteiger partial charge in [0.2, 0.25) is 0 Å². The third-order valence-electron chi connectivity index (χ3n) is 3.56. The first-order valence-corrected chi connectivity index (χ1v) is 6.95. The van der Waals surface area contributed by atoms with E-state index in [1.54, 1.807) is 0 Å². The summed E-state index contributed by atoms with van der Waals surface area (Å²) in [6, 6.07) is 10.5. The van der Waals surface area contributed by atoms with Crippen molar-refractivity contribution < 1.29 is 14.7 Å². The van der Waals surface area contributed by atoms with Crippen molar-refractivity contribution in [3.8, 4) is 0 Å². The average Bonchev–Trinajstić information content (AvgIpc) is 2.46. The Kier molecular flexibility index (Phi) is 5.79. The maximum atomic E-state index is 9.35. The van der Waals surface area contributed by atoms with E-state index in [4.69, 9.17) is 9.57 Å². The molecule has 4 heteroatoms. The van der Waals surface area contributed by atoms with Crippen molar-refractivity contribution >= 4 is 0 Å². The lowest BCUT2D eigenvalue weighted by molar-refractivity contribution is -0.276. The van der Waals surface area contributed by atoms with Crippen LogP contribution in [-0.4, -0.2) is 35.7 Å². The minimum atomic E-state index is 0.101. The number of nitrogens with zero attached hydrogens (tertiary/aromatic N) is 1. The molecular weight excluding hydrogens is 242 g/mol. The zero-order chi connectivity index (χ0) is 13.5. The number of hydrogen-bond donors (Lipinski definition) is 1. The summed E-state index contributed by atoms with van der Waals surface area (Å²) in [4.78, 5) is 5.67. The van der Waals surface area contributed by atoms with Gasteiger partial charge < -0.3 is 9.84 Å². The Balaban J connectivity index is 1.72. The topological polar surface area (TPSA) is 41.9 Å². The van der Waals surface area contributed by atoms with Gasteiger partial charge in [0.15, 0.2) is 6.79 Å². The molecule has 0 bridgehead atoms. The molecule has 4 nitrogen and oxygen atoms in total. The van der Waals surface area contributed by atoms with Crippen molar-refractivity contribution in [1.82, 2.24) is 5.06 Å². The van der Waals surface area contributed by atoms with E-state index in [2.05, 4.69) is 6.92 Å². The summed E-state index contributed by atoms with van der Waals surface area (Å²) in [5.41, 5.74) is 1.14. The van der Waals surface area contributed by atoms with Crippen LogP contribution in [0.2, 0.25) is 0 Å². The van der Waals surface area contributed by atoms with E-state index in [1.807, 2.05) is 35.4 Å². The Morgan fingerprint density at radius 1 is 1.26 bits per heavy atom. The van der Waals surface area contributed by atoms with Crippen LogP contribution in [0.3, 0.4) is 0 Å². The molecule has 1 heterocycles. The van der Waals surface area contributed by atoms with E-state index in [0.29, 0.717) is 12.6 Å². The highest BCUT2D eigenvalue weighted by molar-refractivity contribution is 5.13. The molecule has 2 rings (SSSR count). The van der Waals surface area contributed by atoms with Crippen molar-refractivity contribution in [3.63, 3.8) is 0 Å². The fourth-order valence-electron chi connectivity index (χ4n) is 2.50. The molecule has 1 saturated heterocycles. The minimum Gasteiger partial charge on any atom is -0.395 e. The minimum absolute atomic E-state index is 0.101. The summed E-state index contributed by atoms with van der Waals surface area (Å²) in [6.07, 6.45) is 3.24. The number of aliphatic hydroxyl groups excluding tert-OH is 1. The molecule has 1 aromatic rings. The lowest BCUT2D eigenvalue weighted by atomic mass is 10.00. The third kappa shape index (κ3) is 4.28. The van der Waals surface area contributed by atoms with Gasteiger partial charge in [-0.2, -0.15) is 5.06 Å².